The molecule has 0 aromatic heterocycles. The second kappa shape index (κ2) is 8.58. The highest BCUT2D eigenvalue weighted by Crippen LogP contribution is 2.32. The average Bonchev–Trinajstić information content (AvgIpc) is 2.70. The van der Waals surface area contributed by atoms with Crippen molar-refractivity contribution in [3.63, 3.8) is 0 Å². The van der Waals surface area contributed by atoms with Gasteiger partial charge in [0, 0.05) is 12.7 Å². The molecule has 3 atom stereocenters. The summed E-state index contributed by atoms with van der Waals surface area (Å²) >= 11 is 0. The van der Waals surface area contributed by atoms with E-state index in [4.69, 9.17) is 14.2 Å². The summed E-state index contributed by atoms with van der Waals surface area (Å²) in [4.78, 5) is 26.2. The Hall–Kier alpha value is -2.33. The maximum absolute atomic E-state index is 13.1. The van der Waals surface area contributed by atoms with E-state index in [0.717, 1.165) is 0 Å². The van der Waals surface area contributed by atoms with Gasteiger partial charge in [-0.2, -0.15) is 0 Å². The number of methoxy groups -OCH3 is 1. The Kier molecular flexibility index (Phi) is 6.33. The maximum atomic E-state index is 13.1. The monoisotopic (exact) mass is 426 g/mol. The maximum Gasteiger partial charge on any atom is 0.308 e. The zero-order chi connectivity index (χ0) is 21.2. The molecule has 1 aromatic rings. The third kappa shape index (κ3) is 4.81. The van der Waals surface area contributed by atoms with Gasteiger partial charge in [0.2, 0.25) is 10.0 Å². The predicted octanol–water partition coefficient (Wildman–Crippen LogP) is 1.39. The summed E-state index contributed by atoms with van der Waals surface area (Å²) in [5, 5.41) is 0. The van der Waals surface area contributed by atoms with Crippen molar-refractivity contribution in [2.45, 2.75) is 44.4 Å². The number of sulfonamides is 1. The Bertz CT molecular complexity index is 887. The molecule has 3 rings (SSSR count). The van der Waals surface area contributed by atoms with Crippen LogP contribution in [-0.4, -0.2) is 70.0 Å². The molecular weight excluding hydrogens is 400 g/mol. The predicted molar refractivity (Wildman–Crippen MR) is 105 cm³/mol. The first kappa shape index (κ1) is 21.4. The van der Waals surface area contributed by atoms with Crippen molar-refractivity contribution in [3.8, 4) is 5.75 Å². The number of fused-ring (bicyclic) bond motifs is 2. The largest absolute Gasteiger partial charge is 0.490 e. The van der Waals surface area contributed by atoms with Crippen LogP contribution < -0.4 is 9.46 Å². The number of hydrogen-bond acceptors (Lipinski definition) is 7. The van der Waals surface area contributed by atoms with E-state index in [2.05, 4.69) is 4.72 Å². The molecule has 1 N–H and O–H groups in total. The standard InChI is InChI=1S/C19H26N2O7S/c1-4-29(24,25)20-12-5-8-16-14(9-12)19(23)21(2)15-7-6-13(10-18(22)26-3)28-17(15)11-27-16/h5,8-9,13,15,17,20H,4,6-7,10-11H2,1-3H3/t13-,15-,17+/m0/s1. The Balaban J connectivity index is 1.82. The van der Waals surface area contributed by atoms with E-state index in [1.165, 1.54) is 20.1 Å². The molecular formula is C19H26N2O7S. The van der Waals surface area contributed by atoms with Crippen LogP contribution in [-0.2, 0) is 24.3 Å². The van der Waals surface area contributed by atoms with Gasteiger partial charge < -0.3 is 19.1 Å². The Morgan fingerprint density at radius 3 is 2.79 bits per heavy atom. The Morgan fingerprint density at radius 2 is 2.10 bits per heavy atom. The van der Waals surface area contributed by atoms with Gasteiger partial charge >= 0.3 is 5.97 Å². The molecule has 0 saturated carbocycles. The number of carbonyl (C=O) groups excluding carboxylic acids is 2. The van der Waals surface area contributed by atoms with Gasteiger partial charge in [-0.05, 0) is 38.0 Å². The molecule has 1 aromatic carbocycles. The van der Waals surface area contributed by atoms with Crippen molar-refractivity contribution in [2.75, 3.05) is 31.2 Å². The fraction of sp³-hybridized carbons (Fsp3) is 0.579. The number of ether oxygens (including phenoxy) is 3. The molecule has 2 aliphatic heterocycles. The van der Waals surface area contributed by atoms with Gasteiger partial charge in [-0.3, -0.25) is 14.3 Å². The normalized spacial score (nSPS) is 24.4. The molecule has 2 heterocycles. The number of amides is 1. The summed E-state index contributed by atoms with van der Waals surface area (Å²) in [6, 6.07) is 4.41. The lowest BCUT2D eigenvalue weighted by atomic mass is 9.94. The van der Waals surface area contributed by atoms with Gasteiger partial charge in [0.1, 0.15) is 18.5 Å². The SMILES string of the molecule is CCS(=O)(=O)Nc1ccc2c(c1)C(=O)N(C)[C@H]1CC[C@@H](CC(=O)OC)O[C@@H]1CO2. The van der Waals surface area contributed by atoms with Crippen molar-refractivity contribution in [1.82, 2.24) is 4.90 Å². The number of carbonyl (C=O) groups is 2. The van der Waals surface area contributed by atoms with Gasteiger partial charge in [-0.1, -0.05) is 0 Å². The quantitative estimate of drug-likeness (QED) is 0.708. The van der Waals surface area contributed by atoms with Crippen LogP contribution in [0.15, 0.2) is 18.2 Å². The minimum atomic E-state index is -3.46. The van der Waals surface area contributed by atoms with E-state index in [1.54, 1.807) is 24.1 Å². The second-order valence-electron chi connectivity index (χ2n) is 7.16. The summed E-state index contributed by atoms with van der Waals surface area (Å²) in [5.74, 6) is -0.319. The molecule has 10 heteroatoms. The lowest BCUT2D eigenvalue weighted by Crippen LogP contribution is -2.53. The molecule has 160 valence electrons. The van der Waals surface area contributed by atoms with E-state index in [1.807, 2.05) is 0 Å². The molecule has 2 aliphatic rings. The number of nitrogens with zero attached hydrogens (tertiary/aromatic N) is 1. The topological polar surface area (TPSA) is 111 Å². The van der Waals surface area contributed by atoms with Gasteiger partial charge in [0.05, 0.1) is 37.0 Å². The van der Waals surface area contributed by atoms with Gasteiger partial charge in [-0.15, -0.1) is 0 Å². The van der Waals surface area contributed by atoms with E-state index in [9.17, 15) is 18.0 Å². The van der Waals surface area contributed by atoms with Gasteiger partial charge in [-0.25, -0.2) is 8.42 Å². The molecule has 0 unspecified atom stereocenters. The van der Waals surface area contributed by atoms with Crippen molar-refractivity contribution in [1.29, 1.82) is 0 Å². The Morgan fingerprint density at radius 1 is 1.34 bits per heavy atom. The zero-order valence-electron chi connectivity index (χ0n) is 16.7. The van der Waals surface area contributed by atoms with E-state index < -0.39 is 10.0 Å². The summed E-state index contributed by atoms with van der Waals surface area (Å²) in [6.07, 6.45) is 0.792. The van der Waals surface area contributed by atoms with Gasteiger partial charge in [0.25, 0.3) is 5.91 Å². The number of hydrogen-bond donors (Lipinski definition) is 1. The third-order valence-corrected chi connectivity index (χ3v) is 6.59. The van der Waals surface area contributed by atoms with Crippen LogP contribution in [0.4, 0.5) is 5.69 Å². The number of rotatable bonds is 5. The highest BCUT2D eigenvalue weighted by atomic mass is 32.2. The lowest BCUT2D eigenvalue weighted by molar-refractivity contribution is -0.151. The molecule has 0 spiro atoms. The number of esters is 1. The first-order valence-corrected chi connectivity index (χ1v) is 11.2. The number of benzene rings is 1. The molecule has 1 fully saturated rings. The van der Waals surface area contributed by atoms with Crippen molar-refractivity contribution >= 4 is 27.6 Å². The summed E-state index contributed by atoms with van der Waals surface area (Å²) in [5.41, 5.74) is 0.602. The average molecular weight is 426 g/mol. The number of anilines is 1. The minimum absolute atomic E-state index is 0.0672. The lowest BCUT2D eigenvalue weighted by Gasteiger charge is -2.42. The molecule has 0 bridgehead atoms. The zero-order valence-corrected chi connectivity index (χ0v) is 17.5. The number of likely N-dealkylation sites (N-methyl/N-ethyl adjacent to an activating group) is 1. The van der Waals surface area contributed by atoms with Crippen LogP contribution in [0.2, 0.25) is 0 Å². The fourth-order valence-electron chi connectivity index (χ4n) is 3.61. The third-order valence-electron chi connectivity index (χ3n) is 5.29. The van der Waals surface area contributed by atoms with E-state index >= 15 is 0 Å². The second-order valence-corrected chi connectivity index (χ2v) is 9.18. The molecule has 0 radical (unpaired) electrons. The fourth-order valence-corrected chi connectivity index (χ4v) is 4.24. The highest BCUT2D eigenvalue weighted by Gasteiger charge is 2.39. The van der Waals surface area contributed by atoms with Crippen molar-refractivity contribution in [3.05, 3.63) is 23.8 Å². The Labute approximate surface area is 170 Å². The van der Waals surface area contributed by atoms with Crippen LogP contribution in [0.1, 0.15) is 36.5 Å². The van der Waals surface area contributed by atoms with Gasteiger partial charge in [0.15, 0.2) is 0 Å². The molecule has 29 heavy (non-hydrogen) atoms. The van der Waals surface area contributed by atoms with Crippen LogP contribution in [0.3, 0.4) is 0 Å². The number of nitrogens with one attached hydrogen (secondary N) is 1. The van der Waals surface area contributed by atoms with E-state index in [0.29, 0.717) is 29.8 Å². The van der Waals surface area contributed by atoms with E-state index in [-0.39, 0.29) is 48.9 Å². The smallest absolute Gasteiger partial charge is 0.308 e. The van der Waals surface area contributed by atoms with Crippen LogP contribution in [0, 0.1) is 0 Å². The minimum Gasteiger partial charge on any atom is -0.490 e. The van der Waals surface area contributed by atoms with Crippen LogP contribution >= 0.6 is 0 Å². The highest BCUT2D eigenvalue weighted by molar-refractivity contribution is 7.92. The molecule has 1 amide bonds. The first-order valence-electron chi connectivity index (χ1n) is 9.50. The molecule has 9 nitrogen and oxygen atoms in total. The van der Waals surface area contributed by atoms with Crippen molar-refractivity contribution in [2.24, 2.45) is 0 Å². The summed E-state index contributed by atoms with van der Waals surface area (Å²) in [6.45, 7) is 1.75. The first-order chi connectivity index (χ1) is 13.7. The van der Waals surface area contributed by atoms with Crippen LogP contribution in [0.25, 0.3) is 0 Å². The van der Waals surface area contributed by atoms with Crippen LogP contribution in [0.5, 0.6) is 5.75 Å². The summed E-state index contributed by atoms with van der Waals surface area (Å²) in [7, 11) is -0.422. The summed E-state index contributed by atoms with van der Waals surface area (Å²) < 4.78 is 42.7. The van der Waals surface area contributed by atoms with Crippen molar-refractivity contribution < 1.29 is 32.2 Å². The molecule has 1 saturated heterocycles. The molecule has 0 aliphatic carbocycles.